The first kappa shape index (κ1) is 17.7. The van der Waals surface area contributed by atoms with E-state index in [1.807, 2.05) is 50.2 Å². The van der Waals surface area contributed by atoms with Crippen LogP contribution < -0.4 is 0 Å². The zero-order chi connectivity index (χ0) is 19.0. The second-order valence-corrected chi connectivity index (χ2v) is 7.11. The minimum Gasteiger partial charge on any atom is -0.463 e. The summed E-state index contributed by atoms with van der Waals surface area (Å²) in [5.74, 6) is 0.650. The molecule has 3 heterocycles. The number of hydrazone groups is 1. The maximum Gasteiger partial charge on any atom is 0.243 e. The van der Waals surface area contributed by atoms with Crippen molar-refractivity contribution >= 4 is 34.1 Å². The highest BCUT2D eigenvalue weighted by molar-refractivity contribution is 6.30. The van der Waals surface area contributed by atoms with Gasteiger partial charge in [0.1, 0.15) is 16.6 Å². The van der Waals surface area contributed by atoms with Gasteiger partial charge in [-0.25, -0.2) is 9.99 Å². The minimum atomic E-state index is -0.283. The molecule has 3 aromatic rings. The van der Waals surface area contributed by atoms with Gasteiger partial charge < -0.3 is 4.42 Å². The molecular formula is C21H20ClN3O2. The summed E-state index contributed by atoms with van der Waals surface area (Å²) >= 11 is 6.55. The number of hydrogen-bond donors (Lipinski definition) is 0. The average molecular weight is 382 g/mol. The Morgan fingerprint density at radius 2 is 2.19 bits per heavy atom. The van der Waals surface area contributed by atoms with Gasteiger partial charge in [-0.1, -0.05) is 36.7 Å². The quantitative estimate of drug-likeness (QED) is 0.578. The molecular weight excluding hydrogens is 362 g/mol. The van der Waals surface area contributed by atoms with Gasteiger partial charge in [0, 0.05) is 23.8 Å². The number of hydrogen-bond acceptors (Lipinski definition) is 4. The summed E-state index contributed by atoms with van der Waals surface area (Å²) in [7, 11) is 0. The van der Waals surface area contributed by atoms with Crippen molar-refractivity contribution in [2.75, 3.05) is 0 Å². The lowest BCUT2D eigenvalue weighted by atomic mass is 9.99. The number of carbonyl (C=O) groups excluding carboxylic acids is 1. The molecule has 0 saturated carbocycles. The van der Waals surface area contributed by atoms with Gasteiger partial charge in [-0.3, -0.25) is 4.79 Å². The summed E-state index contributed by atoms with van der Waals surface area (Å²) in [6.07, 6.45) is 3.35. The average Bonchev–Trinajstić information content (AvgIpc) is 3.32. The highest BCUT2D eigenvalue weighted by Gasteiger charge is 2.35. The van der Waals surface area contributed by atoms with Gasteiger partial charge in [0.05, 0.1) is 17.8 Å². The number of nitrogens with zero attached hydrogens (tertiary/aromatic N) is 3. The molecule has 0 saturated heterocycles. The van der Waals surface area contributed by atoms with Crippen LogP contribution in [0.3, 0.4) is 0 Å². The zero-order valence-electron chi connectivity index (χ0n) is 15.3. The molecule has 0 aliphatic carbocycles. The van der Waals surface area contributed by atoms with Crippen LogP contribution in [0.15, 0.2) is 52.2 Å². The standard InChI is InChI=1S/C21H20ClN3O2/c1-3-6-19(26)25-17(12-16(24-25)18-9-5-10-27-18)15-11-14-8-4-7-13(2)20(14)23-21(15)22/h4-5,7-11,17H,3,6,12H2,1-2H3. The van der Waals surface area contributed by atoms with Crippen molar-refractivity contribution in [1.29, 1.82) is 0 Å². The molecule has 27 heavy (non-hydrogen) atoms. The number of para-hydroxylation sites is 1. The van der Waals surface area contributed by atoms with E-state index < -0.39 is 0 Å². The maximum absolute atomic E-state index is 12.7. The molecule has 1 aromatic carbocycles. The second-order valence-electron chi connectivity index (χ2n) is 6.75. The second kappa shape index (κ2) is 7.16. The van der Waals surface area contributed by atoms with E-state index in [4.69, 9.17) is 16.0 Å². The van der Waals surface area contributed by atoms with Crippen LogP contribution in [-0.2, 0) is 4.79 Å². The van der Waals surface area contributed by atoms with Crippen LogP contribution >= 0.6 is 11.6 Å². The van der Waals surface area contributed by atoms with Gasteiger partial charge in [0.15, 0.2) is 0 Å². The van der Waals surface area contributed by atoms with Crippen LogP contribution in [0.5, 0.6) is 0 Å². The molecule has 0 N–H and O–H groups in total. The largest absolute Gasteiger partial charge is 0.463 e. The fraction of sp³-hybridized carbons (Fsp3) is 0.286. The minimum absolute atomic E-state index is 0.0236. The SMILES string of the molecule is CCCC(=O)N1N=C(c2ccco2)CC1c1cc2cccc(C)c2nc1Cl. The van der Waals surface area contributed by atoms with Gasteiger partial charge in [-0.2, -0.15) is 5.10 Å². The number of halogens is 1. The normalized spacial score (nSPS) is 16.8. The third kappa shape index (κ3) is 3.23. The number of aromatic nitrogens is 1. The van der Waals surface area contributed by atoms with Gasteiger partial charge in [-0.05, 0) is 37.1 Å². The predicted octanol–water partition coefficient (Wildman–Crippen LogP) is 5.27. The fourth-order valence-electron chi connectivity index (χ4n) is 3.48. The summed E-state index contributed by atoms with van der Waals surface area (Å²) in [5, 5.41) is 7.53. The van der Waals surface area contributed by atoms with E-state index in [1.54, 1.807) is 11.3 Å². The number of amides is 1. The molecule has 0 radical (unpaired) electrons. The number of carbonyl (C=O) groups is 1. The first-order valence-corrected chi connectivity index (χ1v) is 9.45. The summed E-state index contributed by atoms with van der Waals surface area (Å²) in [6, 6.07) is 11.4. The van der Waals surface area contributed by atoms with Crippen molar-refractivity contribution in [3.8, 4) is 0 Å². The molecule has 1 aliphatic heterocycles. The predicted molar refractivity (Wildman–Crippen MR) is 106 cm³/mol. The molecule has 138 valence electrons. The van der Waals surface area contributed by atoms with E-state index in [0.29, 0.717) is 23.8 Å². The molecule has 2 aromatic heterocycles. The summed E-state index contributed by atoms with van der Waals surface area (Å²) < 4.78 is 5.49. The van der Waals surface area contributed by atoms with Gasteiger partial charge >= 0.3 is 0 Å². The van der Waals surface area contributed by atoms with Crippen LogP contribution in [0.1, 0.15) is 49.1 Å². The molecule has 1 unspecified atom stereocenters. The first-order chi connectivity index (χ1) is 13.1. The van der Waals surface area contributed by atoms with E-state index in [-0.39, 0.29) is 11.9 Å². The van der Waals surface area contributed by atoms with Crippen molar-refractivity contribution < 1.29 is 9.21 Å². The Kier molecular flexibility index (Phi) is 4.70. The number of fused-ring (bicyclic) bond motifs is 1. The van der Waals surface area contributed by atoms with Gasteiger partial charge in [0.2, 0.25) is 5.91 Å². The smallest absolute Gasteiger partial charge is 0.243 e. The molecule has 4 rings (SSSR count). The maximum atomic E-state index is 12.7. The third-order valence-corrected chi connectivity index (χ3v) is 5.13. The van der Waals surface area contributed by atoms with E-state index in [2.05, 4.69) is 10.1 Å². The van der Waals surface area contributed by atoms with Crippen molar-refractivity contribution in [2.45, 2.75) is 39.2 Å². The zero-order valence-corrected chi connectivity index (χ0v) is 16.0. The molecule has 1 aliphatic rings. The Bertz CT molecular complexity index is 1030. The number of furan rings is 1. The lowest BCUT2D eigenvalue weighted by Gasteiger charge is -2.23. The van der Waals surface area contributed by atoms with E-state index in [9.17, 15) is 4.79 Å². The number of pyridine rings is 1. The molecule has 1 atom stereocenters. The highest BCUT2D eigenvalue weighted by atomic mass is 35.5. The van der Waals surface area contributed by atoms with Crippen molar-refractivity contribution in [3.05, 3.63) is 64.7 Å². The lowest BCUT2D eigenvalue weighted by Crippen LogP contribution is -2.27. The van der Waals surface area contributed by atoms with Crippen LogP contribution in [-0.4, -0.2) is 21.6 Å². The number of aryl methyl sites for hydroxylation is 1. The van der Waals surface area contributed by atoms with Crippen molar-refractivity contribution in [3.63, 3.8) is 0 Å². The van der Waals surface area contributed by atoms with E-state index in [0.717, 1.165) is 34.2 Å². The van der Waals surface area contributed by atoms with E-state index >= 15 is 0 Å². The van der Waals surface area contributed by atoms with Gasteiger partial charge in [-0.15, -0.1) is 0 Å². The summed E-state index contributed by atoms with van der Waals surface area (Å²) in [5.41, 5.74) is 3.50. The van der Waals surface area contributed by atoms with Crippen LogP contribution in [0.25, 0.3) is 10.9 Å². The van der Waals surface area contributed by atoms with Crippen LogP contribution in [0.2, 0.25) is 5.15 Å². The third-order valence-electron chi connectivity index (χ3n) is 4.82. The Balaban J connectivity index is 1.78. The Labute approximate surface area is 162 Å². The fourth-order valence-corrected chi connectivity index (χ4v) is 3.74. The lowest BCUT2D eigenvalue weighted by molar-refractivity contribution is -0.133. The number of benzene rings is 1. The van der Waals surface area contributed by atoms with Gasteiger partial charge in [0.25, 0.3) is 0 Å². The van der Waals surface area contributed by atoms with Crippen LogP contribution in [0.4, 0.5) is 0 Å². The first-order valence-electron chi connectivity index (χ1n) is 9.07. The highest BCUT2D eigenvalue weighted by Crippen LogP contribution is 2.38. The molecule has 0 fully saturated rings. The topological polar surface area (TPSA) is 58.7 Å². The number of rotatable bonds is 4. The Hall–Kier alpha value is -2.66. The Morgan fingerprint density at radius 1 is 1.33 bits per heavy atom. The molecule has 1 amide bonds. The van der Waals surface area contributed by atoms with Crippen LogP contribution in [0, 0.1) is 6.92 Å². The summed E-state index contributed by atoms with van der Waals surface area (Å²) in [6.45, 7) is 3.99. The molecule has 5 nitrogen and oxygen atoms in total. The molecule has 6 heteroatoms. The Morgan fingerprint density at radius 3 is 2.93 bits per heavy atom. The molecule has 0 bridgehead atoms. The summed E-state index contributed by atoms with van der Waals surface area (Å²) in [4.78, 5) is 17.3. The monoisotopic (exact) mass is 381 g/mol. The van der Waals surface area contributed by atoms with Crippen molar-refractivity contribution in [1.82, 2.24) is 9.99 Å². The van der Waals surface area contributed by atoms with E-state index in [1.165, 1.54) is 0 Å². The molecule has 0 spiro atoms. The van der Waals surface area contributed by atoms with Crippen molar-refractivity contribution in [2.24, 2.45) is 5.10 Å².